The van der Waals surface area contributed by atoms with Crippen molar-refractivity contribution in [2.24, 2.45) is 0 Å². The third kappa shape index (κ3) is 62.6. The SMILES string of the molecule is CC/C=C\C/C=C\C/C=C\C/C=C\C/C=C\CCCCCCCCCCCCCCCCCCCCCCCC(=O)OC(COC(=O)CCCCCCCCC/C=C\CCCCCCCC)COP(=O)([O-])OCC[N+](C)(C)C. The molecule has 0 heterocycles. The van der Waals surface area contributed by atoms with Gasteiger partial charge in [0.25, 0.3) is 7.82 Å². The molecule has 0 rings (SSSR count). The lowest BCUT2D eigenvalue weighted by Gasteiger charge is -2.28. The molecule has 10 heteroatoms. The summed E-state index contributed by atoms with van der Waals surface area (Å²) in [6.07, 6.45) is 78.3. The van der Waals surface area contributed by atoms with Gasteiger partial charge in [-0.1, -0.05) is 273 Å². The maximum Gasteiger partial charge on any atom is 0.306 e. The van der Waals surface area contributed by atoms with Crippen LogP contribution >= 0.6 is 7.82 Å². The number of nitrogens with zero attached hydrogens (tertiary/aromatic N) is 1. The number of likely N-dealkylation sites (N-methyl/N-ethyl adjacent to an activating group) is 1. The molecule has 0 saturated carbocycles. The Morgan fingerprint density at radius 2 is 0.731 bits per heavy atom. The molecule has 0 aromatic heterocycles. The minimum Gasteiger partial charge on any atom is -0.756 e. The van der Waals surface area contributed by atoms with E-state index >= 15 is 0 Å². The predicted octanol–water partition coefficient (Wildman–Crippen LogP) is 20.2. The standard InChI is InChI=1S/C68H124NO8P/c1-6-8-10-12-14-16-18-20-22-24-25-26-27-28-29-30-31-32-33-34-35-36-37-38-39-40-41-42-43-45-47-49-51-53-55-57-59-61-68(71)77-66(65-76-78(72,73)75-63-62-69(3,4)5)64-74-67(70)60-58-56-54-52-50-48-46-44-23-21-19-17-15-13-11-9-7-2/h8,10,14,16,20-23,25-26,28-29,66H,6-7,9,11-13,15,17-19,24,27,30-65H2,1-5H3/b10-8-,16-14-,22-20-,23-21-,26-25-,29-28-. The molecular weight excluding hydrogens is 990 g/mol. The second kappa shape index (κ2) is 59.1. The fourth-order valence-electron chi connectivity index (χ4n) is 9.21. The van der Waals surface area contributed by atoms with Crippen LogP contribution in [0.2, 0.25) is 0 Å². The summed E-state index contributed by atoms with van der Waals surface area (Å²) in [7, 11) is 1.17. The van der Waals surface area contributed by atoms with Gasteiger partial charge in [0.05, 0.1) is 27.7 Å². The highest BCUT2D eigenvalue weighted by molar-refractivity contribution is 7.45. The molecule has 0 amide bonds. The van der Waals surface area contributed by atoms with Gasteiger partial charge in [0.2, 0.25) is 0 Å². The van der Waals surface area contributed by atoms with Crippen LogP contribution in [0.15, 0.2) is 72.9 Å². The molecule has 0 aromatic carbocycles. The number of unbranched alkanes of at least 4 members (excludes halogenated alkanes) is 34. The van der Waals surface area contributed by atoms with Gasteiger partial charge in [-0.3, -0.25) is 14.2 Å². The Morgan fingerprint density at radius 1 is 0.410 bits per heavy atom. The molecule has 2 atom stereocenters. The van der Waals surface area contributed by atoms with Crippen molar-refractivity contribution in [3.63, 3.8) is 0 Å². The van der Waals surface area contributed by atoms with Crippen LogP contribution in [0, 0.1) is 0 Å². The van der Waals surface area contributed by atoms with E-state index in [4.69, 9.17) is 18.5 Å². The summed E-state index contributed by atoms with van der Waals surface area (Å²) in [4.78, 5) is 37.9. The number of hydrogen-bond acceptors (Lipinski definition) is 8. The molecule has 0 fully saturated rings. The van der Waals surface area contributed by atoms with Crippen molar-refractivity contribution in [1.29, 1.82) is 0 Å². The number of carbonyl (C=O) groups excluding carboxylic acids is 2. The molecule has 0 aliphatic rings. The Labute approximate surface area is 482 Å². The van der Waals surface area contributed by atoms with Crippen molar-refractivity contribution in [3.05, 3.63) is 72.9 Å². The highest BCUT2D eigenvalue weighted by Gasteiger charge is 2.22. The summed E-state index contributed by atoms with van der Waals surface area (Å²) in [5.74, 6) is -0.827. The second-order valence-electron chi connectivity index (χ2n) is 23.1. The summed E-state index contributed by atoms with van der Waals surface area (Å²) < 4.78 is 34.2. The quantitative estimate of drug-likeness (QED) is 0.0195. The maximum absolute atomic E-state index is 12.8. The molecule has 78 heavy (non-hydrogen) atoms. The van der Waals surface area contributed by atoms with Crippen LogP contribution in [-0.4, -0.2) is 70.0 Å². The van der Waals surface area contributed by atoms with E-state index in [2.05, 4.69) is 86.8 Å². The lowest BCUT2D eigenvalue weighted by molar-refractivity contribution is -0.870. The Kier molecular flexibility index (Phi) is 57.2. The molecule has 0 aromatic rings. The largest absolute Gasteiger partial charge is 0.756 e. The van der Waals surface area contributed by atoms with Gasteiger partial charge in [0.15, 0.2) is 6.10 Å². The third-order valence-electron chi connectivity index (χ3n) is 14.2. The van der Waals surface area contributed by atoms with E-state index in [-0.39, 0.29) is 32.0 Å². The first-order valence-corrected chi connectivity index (χ1v) is 34.1. The van der Waals surface area contributed by atoms with E-state index in [0.717, 1.165) is 83.5 Å². The molecule has 2 unspecified atom stereocenters. The summed E-state index contributed by atoms with van der Waals surface area (Å²) in [5.41, 5.74) is 0. The number of ether oxygens (including phenoxy) is 2. The molecule has 0 aliphatic carbocycles. The van der Waals surface area contributed by atoms with Crippen molar-refractivity contribution >= 4 is 19.8 Å². The number of phosphoric ester groups is 1. The fraction of sp³-hybridized carbons (Fsp3) is 0.794. The average Bonchev–Trinajstić information content (AvgIpc) is 3.41. The van der Waals surface area contributed by atoms with Crippen molar-refractivity contribution in [2.75, 3.05) is 47.5 Å². The molecule has 454 valence electrons. The number of rotatable bonds is 60. The first kappa shape index (κ1) is 75.5. The van der Waals surface area contributed by atoms with E-state index in [0.29, 0.717) is 17.4 Å². The highest BCUT2D eigenvalue weighted by atomic mass is 31.2. The zero-order valence-corrected chi connectivity index (χ0v) is 52.5. The summed E-state index contributed by atoms with van der Waals surface area (Å²) in [6.45, 7) is 4.15. The van der Waals surface area contributed by atoms with Crippen molar-refractivity contribution in [2.45, 2.75) is 302 Å². The van der Waals surface area contributed by atoms with Crippen molar-refractivity contribution in [3.8, 4) is 0 Å². The number of hydrogen-bond donors (Lipinski definition) is 0. The first-order chi connectivity index (χ1) is 38.0. The topological polar surface area (TPSA) is 111 Å². The zero-order valence-electron chi connectivity index (χ0n) is 51.6. The van der Waals surface area contributed by atoms with E-state index in [9.17, 15) is 19.0 Å². The highest BCUT2D eigenvalue weighted by Crippen LogP contribution is 2.38. The monoisotopic (exact) mass is 1110 g/mol. The van der Waals surface area contributed by atoms with Gasteiger partial charge in [-0.05, 0) is 83.5 Å². The van der Waals surface area contributed by atoms with Gasteiger partial charge in [0, 0.05) is 12.8 Å². The van der Waals surface area contributed by atoms with Gasteiger partial charge >= 0.3 is 11.9 Å². The van der Waals surface area contributed by atoms with Gasteiger partial charge in [-0.25, -0.2) is 0 Å². The van der Waals surface area contributed by atoms with E-state index < -0.39 is 26.5 Å². The fourth-order valence-corrected chi connectivity index (χ4v) is 9.94. The Morgan fingerprint density at radius 3 is 1.10 bits per heavy atom. The zero-order chi connectivity index (χ0) is 57.0. The van der Waals surface area contributed by atoms with Crippen molar-refractivity contribution < 1.29 is 42.1 Å². The van der Waals surface area contributed by atoms with Crippen LogP contribution in [0.5, 0.6) is 0 Å². The number of phosphoric acid groups is 1. The van der Waals surface area contributed by atoms with Crippen LogP contribution in [0.25, 0.3) is 0 Å². The van der Waals surface area contributed by atoms with E-state index in [1.54, 1.807) is 0 Å². The molecule has 0 radical (unpaired) electrons. The van der Waals surface area contributed by atoms with E-state index in [1.165, 1.54) is 180 Å². The summed E-state index contributed by atoms with van der Waals surface area (Å²) >= 11 is 0. The minimum absolute atomic E-state index is 0.0311. The second-order valence-corrected chi connectivity index (χ2v) is 24.5. The minimum atomic E-state index is -4.64. The van der Waals surface area contributed by atoms with Gasteiger partial charge < -0.3 is 27.9 Å². The average molecular weight is 1110 g/mol. The lowest BCUT2D eigenvalue weighted by Crippen LogP contribution is -2.37. The molecule has 9 nitrogen and oxygen atoms in total. The molecule has 0 bridgehead atoms. The lowest BCUT2D eigenvalue weighted by atomic mass is 10.0. The smallest absolute Gasteiger partial charge is 0.306 e. The van der Waals surface area contributed by atoms with Crippen LogP contribution < -0.4 is 4.89 Å². The number of carbonyl (C=O) groups is 2. The van der Waals surface area contributed by atoms with Gasteiger partial charge in [0.1, 0.15) is 19.8 Å². The number of allylic oxidation sites excluding steroid dienone is 12. The normalized spacial score (nSPS) is 13.7. The summed E-state index contributed by atoms with van der Waals surface area (Å²) in [5, 5.41) is 0. The van der Waals surface area contributed by atoms with Gasteiger partial charge in [-0.2, -0.15) is 0 Å². The number of quaternary nitrogens is 1. The molecular formula is C68H124NO8P. The van der Waals surface area contributed by atoms with E-state index in [1.807, 2.05) is 21.1 Å². The summed E-state index contributed by atoms with van der Waals surface area (Å²) in [6, 6.07) is 0. The predicted molar refractivity (Wildman–Crippen MR) is 333 cm³/mol. The molecule has 0 saturated heterocycles. The maximum atomic E-state index is 12.8. The molecule has 0 spiro atoms. The Balaban J connectivity index is 3.97. The van der Waals surface area contributed by atoms with Crippen LogP contribution in [-0.2, 0) is 32.7 Å². The van der Waals surface area contributed by atoms with Crippen LogP contribution in [0.3, 0.4) is 0 Å². The third-order valence-corrected chi connectivity index (χ3v) is 15.2. The molecule has 0 aliphatic heterocycles. The van der Waals surface area contributed by atoms with Crippen LogP contribution in [0.1, 0.15) is 296 Å². The Hall–Kier alpha value is -2.55. The van der Waals surface area contributed by atoms with Crippen LogP contribution in [0.4, 0.5) is 0 Å². The Bertz CT molecular complexity index is 1550. The first-order valence-electron chi connectivity index (χ1n) is 32.6. The molecule has 0 N–H and O–H groups in total. The van der Waals surface area contributed by atoms with Crippen molar-refractivity contribution in [1.82, 2.24) is 0 Å². The van der Waals surface area contributed by atoms with Gasteiger partial charge in [-0.15, -0.1) is 0 Å². The number of esters is 2.